The highest BCUT2D eigenvalue weighted by Gasteiger charge is 2.59. The van der Waals surface area contributed by atoms with E-state index in [9.17, 15) is 10.0 Å². The zero-order valence-corrected chi connectivity index (χ0v) is 35.4. The Hall–Kier alpha value is -0.910. The monoisotopic (exact) mass is 725 g/mol. The molecule has 1 aliphatic heterocycles. The van der Waals surface area contributed by atoms with Gasteiger partial charge in [0, 0.05) is 18.4 Å². The third-order valence-electron chi connectivity index (χ3n) is 15.8. The van der Waals surface area contributed by atoms with E-state index < -0.39 is 11.3 Å². The average molecular weight is 725 g/mol. The molecule has 1 heterocycles. The number of carbonyl (C=O) groups excluding carboxylic acids is 1. The van der Waals surface area contributed by atoms with Gasteiger partial charge in [-0.1, -0.05) is 124 Å². The van der Waals surface area contributed by atoms with Gasteiger partial charge in [0.05, 0.1) is 6.61 Å². The molecule has 0 spiro atoms. The third kappa shape index (κ3) is 9.54. The van der Waals surface area contributed by atoms with Gasteiger partial charge < -0.3 is 19.7 Å². The molecular weight excluding hydrogens is 643 g/mol. The number of allylic oxidation sites excluding steroid dienone is 1. The summed E-state index contributed by atoms with van der Waals surface area (Å²) in [7, 11) is 0. The normalized spacial score (nSPS) is 36.3. The van der Waals surface area contributed by atoms with E-state index in [2.05, 4.69) is 47.6 Å². The molecule has 9 atom stereocenters. The Kier molecular flexibility index (Phi) is 14.9. The number of esters is 1. The largest absolute Gasteiger partial charge is 0.783 e. The van der Waals surface area contributed by atoms with Crippen molar-refractivity contribution in [3.8, 4) is 0 Å². The van der Waals surface area contributed by atoms with Crippen molar-refractivity contribution in [1.82, 2.24) is 5.06 Å². The lowest BCUT2D eigenvalue weighted by atomic mass is 9.47. The minimum absolute atomic E-state index is 0.00613. The van der Waals surface area contributed by atoms with Crippen LogP contribution in [-0.2, 0) is 14.3 Å². The van der Waals surface area contributed by atoms with Gasteiger partial charge in [-0.2, -0.15) is 0 Å². The first-order valence-electron chi connectivity index (χ1n) is 22.8. The van der Waals surface area contributed by atoms with Gasteiger partial charge in [0.2, 0.25) is 0 Å². The number of hydrogen-bond acceptors (Lipinski definition) is 5. The number of unbranched alkanes of at least 4 members (excludes halogenated alkanes) is 8. The van der Waals surface area contributed by atoms with E-state index in [0.29, 0.717) is 31.3 Å². The van der Waals surface area contributed by atoms with E-state index in [1.807, 2.05) is 13.8 Å². The van der Waals surface area contributed by atoms with Gasteiger partial charge in [-0.05, 0) is 131 Å². The minimum Gasteiger partial charge on any atom is -0.783 e. The van der Waals surface area contributed by atoms with Crippen LogP contribution in [0.5, 0.6) is 0 Å². The Balaban J connectivity index is 1.08. The van der Waals surface area contributed by atoms with Crippen LogP contribution in [0.15, 0.2) is 11.6 Å². The SMILES string of the molecule is CCCCCCCCCCCC1(CCCC(=O)O[C@H]2CC[C@@]3(C)C(=CC[C@H]4[C@@H]5CC[C@H]([C@H](C)CCCC(C)C)[C@@]5(C)CC[C@@H]43)C2)OCC(C)(C)N1[O-]. The molecule has 3 saturated carbocycles. The molecule has 1 saturated heterocycles. The smallest absolute Gasteiger partial charge is 0.306 e. The summed E-state index contributed by atoms with van der Waals surface area (Å²) in [6.45, 7) is 19.3. The molecule has 300 valence electrons. The Morgan fingerprint density at radius 2 is 1.56 bits per heavy atom. The average Bonchev–Trinajstić information content (AvgIpc) is 3.57. The molecule has 5 nitrogen and oxygen atoms in total. The van der Waals surface area contributed by atoms with Gasteiger partial charge in [0.1, 0.15) is 11.8 Å². The van der Waals surface area contributed by atoms with E-state index >= 15 is 0 Å². The molecule has 1 unspecified atom stereocenters. The molecule has 0 bridgehead atoms. The molecule has 0 aromatic carbocycles. The van der Waals surface area contributed by atoms with Crippen LogP contribution >= 0.6 is 0 Å². The molecule has 0 aromatic heterocycles. The molecule has 5 aliphatic rings. The van der Waals surface area contributed by atoms with E-state index in [0.717, 1.165) is 74.0 Å². The summed E-state index contributed by atoms with van der Waals surface area (Å²) in [6.07, 6.45) is 30.4. The van der Waals surface area contributed by atoms with Crippen molar-refractivity contribution in [2.24, 2.45) is 46.3 Å². The highest BCUT2D eigenvalue weighted by Crippen LogP contribution is 2.67. The lowest BCUT2D eigenvalue weighted by Gasteiger charge is -2.58. The molecule has 52 heavy (non-hydrogen) atoms. The second kappa shape index (κ2) is 18.4. The molecule has 0 amide bonds. The number of carbonyl (C=O) groups is 1. The zero-order valence-electron chi connectivity index (χ0n) is 35.4. The van der Waals surface area contributed by atoms with Crippen molar-refractivity contribution in [3.05, 3.63) is 16.9 Å². The zero-order chi connectivity index (χ0) is 37.6. The van der Waals surface area contributed by atoms with E-state index in [4.69, 9.17) is 9.47 Å². The standard InChI is InChI=1S/C47H82NO4/c1-9-10-11-12-13-14-15-16-17-29-47(48(50)44(5,6)34-51-47)30-19-22-43(49)52-38-27-31-45(7)37(33-38)23-24-39-41-26-25-40(36(4)21-18-20-35(2)3)46(41,8)32-28-42(39)45/h23,35-36,38-42H,9-22,24-34H2,1-8H3/q-1/t36-,38+,39+,40-,41+,42+,45+,46-,47?/m1/s1. The summed E-state index contributed by atoms with van der Waals surface area (Å²) in [4.78, 5) is 13.3. The predicted molar refractivity (Wildman–Crippen MR) is 217 cm³/mol. The van der Waals surface area contributed by atoms with Crippen LogP contribution in [0.2, 0.25) is 0 Å². The Labute approximate surface area is 321 Å². The minimum atomic E-state index is -0.803. The summed E-state index contributed by atoms with van der Waals surface area (Å²) >= 11 is 0. The number of rotatable bonds is 20. The fraction of sp³-hybridized carbons (Fsp3) is 0.936. The number of hydroxylamine groups is 2. The molecule has 0 N–H and O–H groups in total. The Bertz CT molecular complexity index is 1160. The highest BCUT2D eigenvalue weighted by molar-refractivity contribution is 5.69. The predicted octanol–water partition coefficient (Wildman–Crippen LogP) is 13.3. The van der Waals surface area contributed by atoms with Gasteiger partial charge in [-0.25, -0.2) is 0 Å². The van der Waals surface area contributed by atoms with Crippen LogP contribution in [0.1, 0.15) is 209 Å². The quantitative estimate of drug-likeness (QED) is 0.0710. The molecule has 5 heteroatoms. The third-order valence-corrected chi connectivity index (χ3v) is 15.8. The van der Waals surface area contributed by atoms with Crippen molar-refractivity contribution < 1.29 is 14.3 Å². The topological polar surface area (TPSA) is 61.8 Å². The van der Waals surface area contributed by atoms with E-state index in [-0.39, 0.29) is 17.5 Å². The van der Waals surface area contributed by atoms with Gasteiger partial charge in [-0.15, -0.1) is 0 Å². The maximum absolute atomic E-state index is 13.5. The number of ether oxygens (including phenoxy) is 2. The Morgan fingerprint density at radius 1 is 0.865 bits per heavy atom. The lowest BCUT2D eigenvalue weighted by molar-refractivity contribution is -0.152. The summed E-state index contributed by atoms with van der Waals surface area (Å²) in [6, 6.07) is 0. The van der Waals surface area contributed by atoms with E-state index in [1.54, 1.807) is 5.57 Å². The van der Waals surface area contributed by atoms with Crippen LogP contribution in [0, 0.1) is 51.5 Å². The maximum atomic E-state index is 13.5. The molecule has 4 aliphatic carbocycles. The number of fused-ring (bicyclic) bond motifs is 5. The van der Waals surface area contributed by atoms with Gasteiger partial charge in [-0.3, -0.25) is 4.79 Å². The van der Waals surface area contributed by atoms with Crippen molar-refractivity contribution in [2.75, 3.05) is 6.61 Å². The van der Waals surface area contributed by atoms with Crippen molar-refractivity contribution in [1.29, 1.82) is 0 Å². The summed E-state index contributed by atoms with van der Waals surface area (Å²) < 4.78 is 12.5. The van der Waals surface area contributed by atoms with Gasteiger partial charge in [0.15, 0.2) is 0 Å². The molecular formula is C47H82NO4-. The fourth-order valence-corrected chi connectivity index (χ4v) is 12.7. The highest BCUT2D eigenvalue weighted by atomic mass is 16.6. The molecule has 5 rings (SSSR count). The van der Waals surface area contributed by atoms with Crippen molar-refractivity contribution >= 4 is 5.97 Å². The molecule has 0 radical (unpaired) electrons. The van der Waals surface area contributed by atoms with Crippen LogP contribution in [0.4, 0.5) is 0 Å². The maximum Gasteiger partial charge on any atom is 0.306 e. The summed E-state index contributed by atoms with van der Waals surface area (Å²) in [5, 5.41) is 14.8. The first-order valence-corrected chi connectivity index (χ1v) is 22.8. The second-order valence-corrected chi connectivity index (χ2v) is 20.4. The van der Waals surface area contributed by atoms with Crippen LogP contribution in [0.25, 0.3) is 0 Å². The summed E-state index contributed by atoms with van der Waals surface area (Å²) in [5.74, 6) is 4.95. The number of nitrogens with zero attached hydrogens (tertiary/aromatic N) is 1. The fourth-order valence-electron chi connectivity index (χ4n) is 12.7. The van der Waals surface area contributed by atoms with E-state index in [1.165, 1.54) is 101 Å². The Morgan fingerprint density at radius 3 is 2.23 bits per heavy atom. The first kappa shape index (κ1) is 42.2. The molecule has 0 aromatic rings. The van der Waals surface area contributed by atoms with Crippen LogP contribution in [-0.4, -0.2) is 35.0 Å². The summed E-state index contributed by atoms with van der Waals surface area (Å²) in [5.41, 5.74) is 1.04. The molecule has 4 fully saturated rings. The van der Waals surface area contributed by atoms with Crippen molar-refractivity contribution in [2.45, 2.75) is 227 Å². The van der Waals surface area contributed by atoms with Gasteiger partial charge in [0.25, 0.3) is 0 Å². The van der Waals surface area contributed by atoms with Gasteiger partial charge >= 0.3 is 5.97 Å². The number of hydrogen-bond donors (Lipinski definition) is 0. The lowest BCUT2D eigenvalue weighted by Crippen LogP contribution is -2.51. The second-order valence-electron chi connectivity index (χ2n) is 20.4. The first-order chi connectivity index (χ1) is 24.8. The van der Waals surface area contributed by atoms with Crippen LogP contribution < -0.4 is 0 Å². The van der Waals surface area contributed by atoms with Crippen molar-refractivity contribution in [3.63, 3.8) is 0 Å². The van der Waals surface area contributed by atoms with Crippen LogP contribution in [0.3, 0.4) is 0 Å².